The topological polar surface area (TPSA) is 55.4 Å². The predicted molar refractivity (Wildman–Crippen MR) is 69.5 cm³/mol. The third-order valence-electron chi connectivity index (χ3n) is 2.59. The van der Waals surface area contributed by atoms with Crippen LogP contribution in [0.25, 0.3) is 0 Å². The summed E-state index contributed by atoms with van der Waals surface area (Å²) < 4.78 is 17.5. The van der Waals surface area contributed by atoms with E-state index in [4.69, 9.17) is 4.74 Å². The van der Waals surface area contributed by atoms with E-state index in [2.05, 4.69) is 5.32 Å². The summed E-state index contributed by atoms with van der Waals surface area (Å²) in [6, 6.07) is 5.32. The monoisotopic (exact) mass is 267 g/mol. The molecule has 0 saturated heterocycles. The van der Waals surface area contributed by atoms with Gasteiger partial charge in [0.15, 0.2) is 5.78 Å². The van der Waals surface area contributed by atoms with Crippen LogP contribution in [0.15, 0.2) is 24.3 Å². The van der Waals surface area contributed by atoms with Crippen molar-refractivity contribution in [2.45, 2.75) is 19.3 Å². The van der Waals surface area contributed by atoms with Crippen LogP contribution >= 0.6 is 0 Å². The Balaban J connectivity index is 2.26. The lowest BCUT2D eigenvalue weighted by Crippen LogP contribution is -2.25. The second kappa shape index (κ2) is 8.37. The smallest absolute Gasteiger partial charge is 0.220 e. The highest BCUT2D eigenvalue weighted by molar-refractivity contribution is 5.97. The minimum atomic E-state index is -0.382. The van der Waals surface area contributed by atoms with Crippen LogP contribution in [-0.2, 0) is 9.53 Å². The number of methoxy groups -OCH3 is 1. The quantitative estimate of drug-likeness (QED) is 0.578. The zero-order valence-electron chi connectivity index (χ0n) is 10.9. The fourth-order valence-electron chi connectivity index (χ4n) is 1.54. The molecular weight excluding hydrogens is 249 g/mol. The van der Waals surface area contributed by atoms with Crippen molar-refractivity contribution < 1.29 is 18.7 Å². The fourth-order valence-corrected chi connectivity index (χ4v) is 1.54. The molecule has 104 valence electrons. The Labute approximate surface area is 112 Å². The van der Waals surface area contributed by atoms with Crippen molar-refractivity contribution in [3.8, 4) is 0 Å². The Kier molecular flexibility index (Phi) is 6.74. The fraction of sp³-hybridized carbons (Fsp3) is 0.429. The maximum absolute atomic E-state index is 12.7. The number of hydrogen-bond donors (Lipinski definition) is 1. The van der Waals surface area contributed by atoms with Gasteiger partial charge in [-0.05, 0) is 30.7 Å². The van der Waals surface area contributed by atoms with Crippen molar-refractivity contribution in [3.05, 3.63) is 35.6 Å². The van der Waals surface area contributed by atoms with E-state index in [-0.39, 0.29) is 30.3 Å². The van der Waals surface area contributed by atoms with Crippen molar-refractivity contribution in [2.75, 3.05) is 20.3 Å². The van der Waals surface area contributed by atoms with Crippen LogP contribution in [0.5, 0.6) is 0 Å². The van der Waals surface area contributed by atoms with Crippen LogP contribution in [0.1, 0.15) is 29.6 Å². The van der Waals surface area contributed by atoms with Crippen LogP contribution in [0, 0.1) is 5.82 Å². The lowest BCUT2D eigenvalue weighted by molar-refractivity contribution is -0.121. The molecule has 0 aliphatic heterocycles. The first-order valence-electron chi connectivity index (χ1n) is 6.18. The molecule has 0 radical (unpaired) electrons. The molecule has 0 bridgehead atoms. The normalized spacial score (nSPS) is 10.2. The number of Topliss-reactive ketones (excluding diaryl/α,β-unsaturated/α-hetero) is 1. The first kappa shape index (κ1) is 15.3. The summed E-state index contributed by atoms with van der Waals surface area (Å²) >= 11 is 0. The van der Waals surface area contributed by atoms with Crippen LogP contribution in [0.4, 0.5) is 4.39 Å². The van der Waals surface area contributed by atoms with Crippen LogP contribution in [0.2, 0.25) is 0 Å². The molecule has 0 aliphatic rings. The van der Waals surface area contributed by atoms with Crippen molar-refractivity contribution in [1.82, 2.24) is 5.32 Å². The minimum Gasteiger partial charge on any atom is -0.385 e. The highest BCUT2D eigenvalue weighted by Crippen LogP contribution is 2.07. The number of hydrogen-bond acceptors (Lipinski definition) is 3. The molecule has 1 aromatic carbocycles. The van der Waals surface area contributed by atoms with Gasteiger partial charge in [0, 0.05) is 38.7 Å². The lowest BCUT2D eigenvalue weighted by Gasteiger charge is -2.04. The summed E-state index contributed by atoms with van der Waals surface area (Å²) in [7, 11) is 1.60. The maximum atomic E-state index is 12.7. The highest BCUT2D eigenvalue weighted by Gasteiger charge is 2.09. The molecule has 1 N–H and O–H groups in total. The number of carbonyl (C=O) groups excluding carboxylic acids is 2. The molecule has 0 spiro atoms. The summed E-state index contributed by atoms with van der Waals surface area (Å²) in [6.07, 6.45) is 1.01. The summed E-state index contributed by atoms with van der Waals surface area (Å²) in [5, 5.41) is 2.70. The van der Waals surface area contributed by atoms with E-state index in [9.17, 15) is 14.0 Å². The average Bonchev–Trinajstić information content (AvgIpc) is 2.42. The summed E-state index contributed by atoms with van der Waals surface area (Å²) in [5.41, 5.74) is 0.425. The van der Waals surface area contributed by atoms with Gasteiger partial charge >= 0.3 is 0 Å². The molecule has 0 aliphatic carbocycles. The number of ketones is 1. The van der Waals surface area contributed by atoms with Crippen molar-refractivity contribution in [1.29, 1.82) is 0 Å². The Morgan fingerprint density at radius 1 is 1.21 bits per heavy atom. The van der Waals surface area contributed by atoms with E-state index in [0.29, 0.717) is 18.7 Å². The molecule has 1 aromatic rings. The van der Waals surface area contributed by atoms with Crippen LogP contribution in [0.3, 0.4) is 0 Å². The second-order valence-electron chi connectivity index (χ2n) is 4.13. The SMILES string of the molecule is COCCCNC(=O)CCC(=O)c1ccc(F)cc1. The zero-order chi connectivity index (χ0) is 14.1. The van der Waals surface area contributed by atoms with Crippen molar-refractivity contribution >= 4 is 11.7 Å². The molecule has 1 amide bonds. The van der Waals surface area contributed by atoms with Crippen molar-refractivity contribution in [2.24, 2.45) is 0 Å². The van der Waals surface area contributed by atoms with Gasteiger partial charge in [-0.1, -0.05) is 0 Å². The van der Waals surface area contributed by atoms with Crippen LogP contribution in [-0.4, -0.2) is 32.0 Å². The van der Waals surface area contributed by atoms with Gasteiger partial charge in [0.2, 0.25) is 5.91 Å². The van der Waals surface area contributed by atoms with Gasteiger partial charge in [-0.15, -0.1) is 0 Å². The molecule has 5 heteroatoms. The van der Waals surface area contributed by atoms with Gasteiger partial charge in [-0.2, -0.15) is 0 Å². The molecule has 0 saturated carbocycles. The maximum Gasteiger partial charge on any atom is 0.220 e. The van der Waals surface area contributed by atoms with Gasteiger partial charge in [-0.25, -0.2) is 4.39 Å². The van der Waals surface area contributed by atoms with E-state index < -0.39 is 0 Å². The molecular formula is C14H18FNO3. The van der Waals surface area contributed by atoms with Crippen LogP contribution < -0.4 is 5.32 Å². The molecule has 0 atom stereocenters. The Hall–Kier alpha value is -1.75. The number of rotatable bonds is 8. The van der Waals surface area contributed by atoms with E-state index in [1.54, 1.807) is 7.11 Å². The first-order valence-corrected chi connectivity index (χ1v) is 6.18. The van der Waals surface area contributed by atoms with E-state index in [0.717, 1.165) is 6.42 Å². The van der Waals surface area contributed by atoms with E-state index in [1.165, 1.54) is 24.3 Å². The first-order chi connectivity index (χ1) is 9.13. The Bertz CT molecular complexity index is 417. The number of halogens is 1. The van der Waals surface area contributed by atoms with Gasteiger partial charge in [0.05, 0.1) is 0 Å². The van der Waals surface area contributed by atoms with Gasteiger partial charge in [0.1, 0.15) is 5.82 Å². The Morgan fingerprint density at radius 2 is 1.89 bits per heavy atom. The second-order valence-corrected chi connectivity index (χ2v) is 4.13. The van der Waals surface area contributed by atoms with Gasteiger partial charge in [-0.3, -0.25) is 9.59 Å². The van der Waals surface area contributed by atoms with E-state index in [1.807, 2.05) is 0 Å². The molecule has 4 nitrogen and oxygen atoms in total. The Morgan fingerprint density at radius 3 is 2.53 bits per heavy atom. The highest BCUT2D eigenvalue weighted by atomic mass is 19.1. The van der Waals surface area contributed by atoms with Gasteiger partial charge < -0.3 is 10.1 Å². The standard InChI is InChI=1S/C14H18FNO3/c1-19-10-2-9-16-14(18)8-7-13(17)11-3-5-12(15)6-4-11/h3-6H,2,7-10H2,1H3,(H,16,18). The number of amides is 1. The average molecular weight is 267 g/mol. The number of benzene rings is 1. The largest absolute Gasteiger partial charge is 0.385 e. The number of nitrogens with one attached hydrogen (secondary N) is 1. The van der Waals surface area contributed by atoms with E-state index >= 15 is 0 Å². The number of ether oxygens (including phenoxy) is 1. The number of carbonyl (C=O) groups is 2. The molecule has 0 unspecified atom stereocenters. The molecule has 0 aromatic heterocycles. The molecule has 19 heavy (non-hydrogen) atoms. The molecule has 0 fully saturated rings. The molecule has 1 rings (SSSR count). The summed E-state index contributed by atoms with van der Waals surface area (Å²) in [4.78, 5) is 23.1. The third-order valence-corrected chi connectivity index (χ3v) is 2.59. The molecule has 0 heterocycles. The van der Waals surface area contributed by atoms with Gasteiger partial charge in [0.25, 0.3) is 0 Å². The minimum absolute atomic E-state index is 0.127. The third kappa shape index (κ3) is 6.10. The van der Waals surface area contributed by atoms with Crippen molar-refractivity contribution in [3.63, 3.8) is 0 Å². The zero-order valence-corrected chi connectivity index (χ0v) is 10.9. The lowest BCUT2D eigenvalue weighted by atomic mass is 10.1. The predicted octanol–water partition coefficient (Wildman–Crippen LogP) is 1.94. The summed E-state index contributed by atoms with van der Waals surface area (Å²) in [5.74, 6) is -0.703. The summed E-state index contributed by atoms with van der Waals surface area (Å²) in [6.45, 7) is 1.13.